The van der Waals surface area contributed by atoms with Crippen molar-refractivity contribution >= 4 is 21.6 Å². The van der Waals surface area contributed by atoms with Crippen molar-refractivity contribution in [2.45, 2.75) is 45.1 Å². The van der Waals surface area contributed by atoms with E-state index in [1.54, 1.807) is 19.9 Å². The van der Waals surface area contributed by atoms with Gasteiger partial charge in [-0.2, -0.15) is 4.31 Å². The van der Waals surface area contributed by atoms with E-state index in [2.05, 4.69) is 5.32 Å². The van der Waals surface area contributed by atoms with Crippen LogP contribution in [0.1, 0.15) is 39.2 Å². The fourth-order valence-corrected chi connectivity index (χ4v) is 4.44. The van der Waals surface area contributed by atoms with Crippen LogP contribution in [-0.4, -0.2) is 36.3 Å². The number of amides is 1. The molecule has 8 heteroatoms. The molecule has 1 aromatic heterocycles. The van der Waals surface area contributed by atoms with Crippen LogP contribution in [0.15, 0.2) is 52.3 Å². The largest absolute Gasteiger partial charge is 0.324 e. The van der Waals surface area contributed by atoms with E-state index in [0.29, 0.717) is 18.8 Å². The standard InChI is InChI=1S/C20H27N3O4S/c1-5-23(6-2)28(26,27)16-11-12-20(25)22(13-16)14-19(24)21-18-10-8-7-9-17(18)15(3)4/h7-13,15H,5-6,14H2,1-4H3,(H,21,24). The first kappa shape index (κ1) is 21.8. The Morgan fingerprint density at radius 3 is 2.36 bits per heavy atom. The molecule has 2 aromatic rings. The fourth-order valence-electron chi connectivity index (χ4n) is 2.96. The summed E-state index contributed by atoms with van der Waals surface area (Å²) in [5.74, 6) is -0.172. The number of benzene rings is 1. The molecule has 2 rings (SSSR count). The molecule has 1 heterocycles. The lowest BCUT2D eigenvalue weighted by atomic mass is 10.0. The lowest BCUT2D eigenvalue weighted by Gasteiger charge is -2.19. The maximum absolute atomic E-state index is 12.7. The molecule has 0 spiro atoms. The first-order valence-corrected chi connectivity index (χ1v) is 10.7. The molecular weight excluding hydrogens is 378 g/mol. The molecule has 0 atom stereocenters. The quantitative estimate of drug-likeness (QED) is 0.731. The van der Waals surface area contributed by atoms with Crippen LogP contribution in [0, 0.1) is 0 Å². The molecule has 0 fully saturated rings. The number of para-hydroxylation sites is 1. The van der Waals surface area contributed by atoms with Gasteiger partial charge in [-0.25, -0.2) is 8.42 Å². The third kappa shape index (κ3) is 4.88. The number of nitrogens with zero attached hydrogens (tertiary/aromatic N) is 2. The van der Waals surface area contributed by atoms with Gasteiger partial charge in [-0.15, -0.1) is 0 Å². The zero-order valence-electron chi connectivity index (χ0n) is 16.7. The first-order chi connectivity index (χ1) is 13.2. The number of hydrogen-bond donors (Lipinski definition) is 1. The number of rotatable bonds is 8. The summed E-state index contributed by atoms with van der Waals surface area (Å²) in [6.45, 7) is 7.92. The number of hydrogen-bond acceptors (Lipinski definition) is 4. The summed E-state index contributed by atoms with van der Waals surface area (Å²) in [4.78, 5) is 24.6. The predicted octanol–water partition coefficient (Wildman–Crippen LogP) is 2.64. The Morgan fingerprint density at radius 1 is 1.11 bits per heavy atom. The van der Waals surface area contributed by atoms with E-state index in [9.17, 15) is 18.0 Å². The van der Waals surface area contributed by atoms with E-state index in [0.717, 1.165) is 10.1 Å². The van der Waals surface area contributed by atoms with Gasteiger partial charge < -0.3 is 9.88 Å². The Bertz CT molecular complexity index is 993. The predicted molar refractivity (Wildman–Crippen MR) is 110 cm³/mol. The maximum atomic E-state index is 12.7. The minimum Gasteiger partial charge on any atom is -0.324 e. The minimum absolute atomic E-state index is 0.00817. The number of sulfonamides is 1. The van der Waals surface area contributed by atoms with Crippen LogP contribution in [0.3, 0.4) is 0 Å². The van der Waals surface area contributed by atoms with Crippen molar-refractivity contribution in [1.82, 2.24) is 8.87 Å². The molecule has 0 aliphatic carbocycles. The van der Waals surface area contributed by atoms with Crippen LogP contribution < -0.4 is 10.9 Å². The van der Waals surface area contributed by atoms with E-state index in [4.69, 9.17) is 0 Å². The lowest BCUT2D eigenvalue weighted by Crippen LogP contribution is -2.33. The zero-order chi connectivity index (χ0) is 20.9. The number of carbonyl (C=O) groups excluding carboxylic acids is 1. The van der Waals surface area contributed by atoms with Crippen LogP contribution >= 0.6 is 0 Å². The van der Waals surface area contributed by atoms with Crippen molar-refractivity contribution < 1.29 is 13.2 Å². The highest BCUT2D eigenvalue weighted by Crippen LogP contribution is 2.23. The molecule has 1 amide bonds. The summed E-state index contributed by atoms with van der Waals surface area (Å²) in [5.41, 5.74) is 1.23. The fraction of sp³-hybridized carbons (Fsp3) is 0.400. The second kappa shape index (κ2) is 9.16. The molecule has 0 bridgehead atoms. The van der Waals surface area contributed by atoms with Crippen LogP contribution in [0.25, 0.3) is 0 Å². The van der Waals surface area contributed by atoms with E-state index in [-0.39, 0.29) is 17.4 Å². The molecule has 0 unspecified atom stereocenters. The monoisotopic (exact) mass is 405 g/mol. The smallest absolute Gasteiger partial charge is 0.251 e. The number of pyridine rings is 1. The Hall–Kier alpha value is -2.45. The third-order valence-electron chi connectivity index (χ3n) is 4.47. The van der Waals surface area contributed by atoms with Crippen LogP contribution in [-0.2, 0) is 21.4 Å². The van der Waals surface area contributed by atoms with Crippen molar-refractivity contribution in [3.05, 3.63) is 58.5 Å². The summed E-state index contributed by atoms with van der Waals surface area (Å²) in [5, 5.41) is 2.81. The van der Waals surface area contributed by atoms with Gasteiger partial charge in [0.1, 0.15) is 6.54 Å². The highest BCUT2D eigenvalue weighted by atomic mass is 32.2. The number of aromatic nitrogens is 1. The van der Waals surface area contributed by atoms with Gasteiger partial charge in [-0.05, 0) is 23.6 Å². The molecule has 0 saturated carbocycles. The second-order valence-electron chi connectivity index (χ2n) is 6.71. The Balaban J connectivity index is 2.28. The van der Waals surface area contributed by atoms with E-state index in [1.165, 1.54) is 22.6 Å². The average molecular weight is 406 g/mol. The number of nitrogens with one attached hydrogen (secondary N) is 1. The summed E-state index contributed by atoms with van der Waals surface area (Å²) in [6.07, 6.45) is 1.23. The molecule has 7 nitrogen and oxygen atoms in total. The maximum Gasteiger partial charge on any atom is 0.251 e. The topological polar surface area (TPSA) is 88.5 Å². The van der Waals surface area contributed by atoms with Gasteiger partial charge >= 0.3 is 0 Å². The van der Waals surface area contributed by atoms with Crippen LogP contribution in [0.5, 0.6) is 0 Å². The summed E-state index contributed by atoms with van der Waals surface area (Å²) >= 11 is 0. The summed E-state index contributed by atoms with van der Waals surface area (Å²) in [7, 11) is -3.71. The zero-order valence-corrected chi connectivity index (χ0v) is 17.5. The van der Waals surface area contributed by atoms with Gasteiger partial charge in [0, 0.05) is 31.0 Å². The van der Waals surface area contributed by atoms with E-state index in [1.807, 2.05) is 32.0 Å². The molecule has 28 heavy (non-hydrogen) atoms. The highest BCUT2D eigenvalue weighted by Gasteiger charge is 2.22. The minimum atomic E-state index is -3.71. The lowest BCUT2D eigenvalue weighted by molar-refractivity contribution is -0.116. The van der Waals surface area contributed by atoms with Gasteiger partial charge in [0.2, 0.25) is 15.9 Å². The van der Waals surface area contributed by atoms with Crippen LogP contribution in [0.2, 0.25) is 0 Å². The van der Waals surface area contributed by atoms with Crippen LogP contribution in [0.4, 0.5) is 5.69 Å². The Labute approximate surface area is 166 Å². The van der Waals surface area contributed by atoms with Crippen molar-refractivity contribution in [2.24, 2.45) is 0 Å². The molecule has 1 N–H and O–H groups in total. The summed E-state index contributed by atoms with van der Waals surface area (Å²) < 4.78 is 27.7. The van der Waals surface area contributed by atoms with Gasteiger partial charge in [0.25, 0.3) is 5.56 Å². The van der Waals surface area contributed by atoms with Crippen molar-refractivity contribution in [1.29, 1.82) is 0 Å². The number of carbonyl (C=O) groups is 1. The molecule has 152 valence electrons. The van der Waals surface area contributed by atoms with Gasteiger partial charge in [-0.3, -0.25) is 9.59 Å². The van der Waals surface area contributed by atoms with Crippen molar-refractivity contribution in [3.63, 3.8) is 0 Å². The molecular formula is C20H27N3O4S. The normalized spacial score (nSPS) is 11.8. The average Bonchev–Trinajstić information content (AvgIpc) is 2.64. The van der Waals surface area contributed by atoms with E-state index >= 15 is 0 Å². The highest BCUT2D eigenvalue weighted by molar-refractivity contribution is 7.89. The van der Waals surface area contributed by atoms with Gasteiger partial charge in [-0.1, -0.05) is 45.9 Å². The number of anilines is 1. The molecule has 1 aromatic carbocycles. The van der Waals surface area contributed by atoms with E-state index < -0.39 is 21.5 Å². The van der Waals surface area contributed by atoms with Crippen molar-refractivity contribution in [2.75, 3.05) is 18.4 Å². The van der Waals surface area contributed by atoms with Gasteiger partial charge in [0.05, 0.1) is 4.90 Å². The molecule has 0 aliphatic rings. The summed E-state index contributed by atoms with van der Waals surface area (Å²) in [6, 6.07) is 9.91. The first-order valence-electron chi connectivity index (χ1n) is 9.30. The van der Waals surface area contributed by atoms with Gasteiger partial charge in [0.15, 0.2) is 0 Å². The third-order valence-corrected chi connectivity index (χ3v) is 6.50. The second-order valence-corrected chi connectivity index (χ2v) is 8.65. The Morgan fingerprint density at radius 2 is 1.75 bits per heavy atom. The Kier molecular flexibility index (Phi) is 7.15. The SMILES string of the molecule is CCN(CC)S(=O)(=O)c1ccc(=O)n(CC(=O)Nc2ccccc2C(C)C)c1. The van der Waals surface area contributed by atoms with Crippen molar-refractivity contribution in [3.8, 4) is 0 Å². The molecule has 0 radical (unpaired) electrons. The molecule has 0 saturated heterocycles. The molecule has 0 aliphatic heterocycles.